The zero-order valence-electron chi connectivity index (χ0n) is 12.8. The van der Waals surface area contributed by atoms with Crippen molar-refractivity contribution in [2.24, 2.45) is 23.3 Å². The maximum Gasteiger partial charge on any atom is 1.00 e. The van der Waals surface area contributed by atoms with Crippen LogP contribution in [0.5, 0.6) is 0 Å². The minimum Gasteiger partial charge on any atom is -0.748 e. The molecule has 0 saturated heterocycles. The van der Waals surface area contributed by atoms with Crippen molar-refractivity contribution in [2.75, 3.05) is 11.5 Å². The summed E-state index contributed by atoms with van der Waals surface area (Å²) in [5.41, 5.74) is 10.4. The van der Waals surface area contributed by atoms with Crippen LogP contribution < -0.4 is 41.0 Å². The van der Waals surface area contributed by atoms with Gasteiger partial charge in [0.05, 0.1) is 27.0 Å². The van der Waals surface area contributed by atoms with Gasteiger partial charge in [0.1, 0.15) is 0 Å². The van der Waals surface area contributed by atoms with Gasteiger partial charge in [-0.1, -0.05) is 0 Å². The summed E-state index contributed by atoms with van der Waals surface area (Å²) < 4.78 is 55.8. The first-order valence-electron chi connectivity index (χ1n) is 6.68. The smallest absolute Gasteiger partial charge is 0.748 e. The second-order valence-corrected chi connectivity index (χ2v) is 9.36. The second kappa shape index (κ2) is 8.77. The standard InChI is InChI=1S/C11H20N2O7S2.Na/c12-10(14)8-3-2-7(6-9(8)11(13)15)21(16,17)4-1-5-22(18,19)20;/h7-9H,1-6H2,(H2,12,14)(H2,13,15)(H,18,19,20);/q;+1/p-1. The molecule has 1 aliphatic rings. The Kier molecular flexibility index (Phi) is 8.69. The number of nitrogens with two attached hydrogens (primary N) is 2. The molecule has 0 aromatic carbocycles. The molecule has 23 heavy (non-hydrogen) atoms. The van der Waals surface area contributed by atoms with E-state index in [4.69, 9.17) is 11.5 Å². The van der Waals surface area contributed by atoms with Crippen molar-refractivity contribution in [3.63, 3.8) is 0 Å². The third-order valence-corrected chi connectivity index (χ3v) is 6.95. The Bertz CT molecular complexity index is 647. The first-order chi connectivity index (χ1) is 9.94. The summed E-state index contributed by atoms with van der Waals surface area (Å²) in [5, 5.41) is -0.894. The van der Waals surface area contributed by atoms with E-state index in [1.165, 1.54) is 0 Å². The van der Waals surface area contributed by atoms with Gasteiger partial charge in [0.2, 0.25) is 11.8 Å². The summed E-state index contributed by atoms with van der Waals surface area (Å²) in [6, 6.07) is 0. The molecular formula is C11H19N2NaO7S2. The van der Waals surface area contributed by atoms with E-state index in [1.807, 2.05) is 0 Å². The van der Waals surface area contributed by atoms with E-state index < -0.39 is 60.4 Å². The summed E-state index contributed by atoms with van der Waals surface area (Å²) >= 11 is 0. The average Bonchev–Trinajstić information content (AvgIpc) is 2.35. The fourth-order valence-electron chi connectivity index (χ4n) is 2.72. The number of primary amides is 2. The number of rotatable bonds is 7. The van der Waals surface area contributed by atoms with Crippen molar-refractivity contribution in [1.29, 1.82) is 0 Å². The molecule has 3 atom stereocenters. The second-order valence-electron chi connectivity index (χ2n) is 5.44. The van der Waals surface area contributed by atoms with Gasteiger partial charge >= 0.3 is 29.6 Å². The number of hydrogen-bond donors (Lipinski definition) is 2. The summed E-state index contributed by atoms with van der Waals surface area (Å²) in [7, 11) is -8.16. The maximum atomic E-state index is 12.2. The molecule has 4 N–H and O–H groups in total. The Balaban J connectivity index is 0.00000484. The summed E-state index contributed by atoms with van der Waals surface area (Å²) in [4.78, 5) is 22.7. The van der Waals surface area contributed by atoms with Crippen LogP contribution in [0.3, 0.4) is 0 Å². The van der Waals surface area contributed by atoms with E-state index in [0.29, 0.717) is 0 Å². The molecule has 9 nitrogen and oxygen atoms in total. The van der Waals surface area contributed by atoms with Gasteiger partial charge in [-0.15, -0.1) is 0 Å². The van der Waals surface area contributed by atoms with Crippen LogP contribution in [0.25, 0.3) is 0 Å². The maximum absolute atomic E-state index is 12.2. The van der Waals surface area contributed by atoms with Gasteiger partial charge in [-0.05, 0) is 25.7 Å². The zero-order chi connectivity index (χ0) is 17.1. The number of sulfone groups is 1. The van der Waals surface area contributed by atoms with Crippen LogP contribution in [0.1, 0.15) is 25.7 Å². The zero-order valence-corrected chi connectivity index (χ0v) is 16.4. The van der Waals surface area contributed by atoms with Crippen LogP contribution in [0.15, 0.2) is 0 Å². The van der Waals surface area contributed by atoms with Crippen LogP contribution in [0, 0.1) is 11.8 Å². The minimum atomic E-state index is -4.47. The molecular weight excluding hydrogens is 359 g/mol. The fraction of sp³-hybridized carbons (Fsp3) is 0.818. The molecule has 1 rings (SSSR count). The Labute approximate surface area is 157 Å². The molecule has 2 amide bonds. The predicted molar refractivity (Wildman–Crippen MR) is 76.0 cm³/mol. The van der Waals surface area contributed by atoms with Crippen molar-refractivity contribution < 1.29 is 60.5 Å². The first-order valence-corrected chi connectivity index (χ1v) is 9.97. The van der Waals surface area contributed by atoms with Crippen LogP contribution >= 0.6 is 0 Å². The molecule has 128 valence electrons. The van der Waals surface area contributed by atoms with Crippen LogP contribution in [-0.4, -0.2) is 50.0 Å². The van der Waals surface area contributed by atoms with Crippen molar-refractivity contribution in [2.45, 2.75) is 30.9 Å². The molecule has 1 fully saturated rings. The third kappa shape index (κ3) is 7.06. The number of amides is 2. The molecule has 0 aromatic heterocycles. The average molecular weight is 378 g/mol. The fourth-order valence-corrected chi connectivity index (χ4v) is 5.27. The molecule has 0 heterocycles. The van der Waals surface area contributed by atoms with Gasteiger partial charge in [0.15, 0.2) is 9.84 Å². The number of carbonyl (C=O) groups is 2. The van der Waals surface area contributed by atoms with E-state index in [0.717, 1.165) is 0 Å². The van der Waals surface area contributed by atoms with Crippen molar-refractivity contribution >= 4 is 31.8 Å². The van der Waals surface area contributed by atoms with Gasteiger partial charge in [-0.2, -0.15) is 0 Å². The van der Waals surface area contributed by atoms with Crippen LogP contribution in [-0.2, 0) is 29.5 Å². The van der Waals surface area contributed by atoms with Crippen LogP contribution in [0.4, 0.5) is 0 Å². The normalized spacial score (nSPS) is 25.3. The Morgan fingerprint density at radius 3 is 1.91 bits per heavy atom. The minimum absolute atomic E-state index is 0. The van der Waals surface area contributed by atoms with Gasteiger partial charge in [0, 0.05) is 11.7 Å². The van der Waals surface area contributed by atoms with E-state index in [-0.39, 0.29) is 55.2 Å². The topological polar surface area (TPSA) is 178 Å². The van der Waals surface area contributed by atoms with Gasteiger partial charge < -0.3 is 16.0 Å². The van der Waals surface area contributed by atoms with Crippen molar-refractivity contribution in [1.82, 2.24) is 0 Å². The molecule has 0 radical (unpaired) electrons. The van der Waals surface area contributed by atoms with Crippen molar-refractivity contribution in [3.8, 4) is 0 Å². The van der Waals surface area contributed by atoms with E-state index in [1.54, 1.807) is 0 Å². The predicted octanol–water partition coefficient (Wildman–Crippen LogP) is -4.90. The summed E-state index contributed by atoms with van der Waals surface area (Å²) in [6.45, 7) is 0. The molecule has 0 aromatic rings. The first kappa shape index (κ1) is 22.8. The molecule has 3 unspecified atom stereocenters. The van der Waals surface area contributed by atoms with Gasteiger partial charge in [-0.25, -0.2) is 16.8 Å². The van der Waals surface area contributed by atoms with Gasteiger partial charge in [-0.3, -0.25) is 9.59 Å². The molecule has 1 saturated carbocycles. The molecule has 0 spiro atoms. The monoisotopic (exact) mass is 378 g/mol. The molecule has 0 bridgehead atoms. The largest absolute Gasteiger partial charge is 1.00 e. The quantitative estimate of drug-likeness (QED) is 0.329. The van der Waals surface area contributed by atoms with Crippen molar-refractivity contribution in [3.05, 3.63) is 0 Å². The Morgan fingerprint density at radius 2 is 1.48 bits per heavy atom. The molecule has 12 heteroatoms. The number of carbonyl (C=O) groups excluding carboxylic acids is 2. The Morgan fingerprint density at radius 1 is 0.957 bits per heavy atom. The summed E-state index contributed by atoms with van der Waals surface area (Å²) in [6.07, 6.45) is -0.142. The van der Waals surface area contributed by atoms with E-state index in [2.05, 4.69) is 0 Å². The SMILES string of the molecule is NC(=O)C1CCC(S(=O)(=O)CCCS(=O)(=O)[O-])CC1C(N)=O.[Na+]. The molecule has 1 aliphatic carbocycles. The Hall–Kier alpha value is -0.200. The molecule has 0 aliphatic heterocycles. The van der Waals surface area contributed by atoms with Crippen LogP contribution in [0.2, 0.25) is 0 Å². The van der Waals surface area contributed by atoms with E-state index in [9.17, 15) is 31.0 Å². The number of hydrogen-bond acceptors (Lipinski definition) is 7. The third-order valence-electron chi connectivity index (χ3n) is 3.86. The van der Waals surface area contributed by atoms with E-state index >= 15 is 0 Å². The van der Waals surface area contributed by atoms with Gasteiger partial charge in [0.25, 0.3) is 0 Å². The summed E-state index contributed by atoms with van der Waals surface area (Å²) in [5.74, 6) is -4.45.